The molecule has 1 N–H and O–H groups in total. The van der Waals surface area contributed by atoms with Crippen LogP contribution in [-0.2, 0) is 11.2 Å². The molecule has 2 rings (SSSR count). The zero-order valence-electron chi connectivity index (χ0n) is 15.7. The molecule has 4 nitrogen and oxygen atoms in total. The molecule has 0 radical (unpaired) electrons. The lowest BCUT2D eigenvalue weighted by atomic mass is 10.1. The van der Waals surface area contributed by atoms with Crippen LogP contribution in [0.15, 0.2) is 12.1 Å². The quantitative estimate of drug-likeness (QED) is 0.875. The SMILES string of the molecule is Cc1ccc(CC(C)NC2CCCN(C(=O)OC(C)(C)C)CC2)s1. The molecule has 1 amide bonds. The second-order valence-corrected chi connectivity index (χ2v) is 9.25. The number of hydrogen-bond acceptors (Lipinski definition) is 4. The highest BCUT2D eigenvalue weighted by Crippen LogP contribution is 2.19. The number of rotatable bonds is 4. The molecule has 0 aromatic carbocycles. The van der Waals surface area contributed by atoms with Gasteiger partial charge in [-0.25, -0.2) is 4.79 Å². The summed E-state index contributed by atoms with van der Waals surface area (Å²) in [6.45, 7) is 11.7. The van der Waals surface area contributed by atoms with Crippen molar-refractivity contribution >= 4 is 17.4 Å². The van der Waals surface area contributed by atoms with Gasteiger partial charge in [0.05, 0.1) is 0 Å². The van der Waals surface area contributed by atoms with Crippen LogP contribution in [0, 0.1) is 6.92 Å². The largest absolute Gasteiger partial charge is 0.444 e. The Hall–Kier alpha value is -1.07. The van der Waals surface area contributed by atoms with Crippen LogP contribution in [0.3, 0.4) is 0 Å². The van der Waals surface area contributed by atoms with E-state index in [1.165, 1.54) is 9.75 Å². The van der Waals surface area contributed by atoms with Crippen molar-refractivity contribution in [2.45, 2.75) is 78.0 Å². The number of amides is 1. The van der Waals surface area contributed by atoms with Crippen LogP contribution in [-0.4, -0.2) is 41.8 Å². The third-order valence-corrected chi connectivity index (χ3v) is 5.23. The Kier molecular flexibility index (Phi) is 6.70. The van der Waals surface area contributed by atoms with Gasteiger partial charge in [0.15, 0.2) is 0 Å². The van der Waals surface area contributed by atoms with Gasteiger partial charge in [0.25, 0.3) is 0 Å². The highest BCUT2D eigenvalue weighted by atomic mass is 32.1. The van der Waals surface area contributed by atoms with Gasteiger partial charge in [-0.05, 0) is 72.4 Å². The molecule has 136 valence electrons. The van der Waals surface area contributed by atoms with Gasteiger partial charge in [-0.15, -0.1) is 11.3 Å². The summed E-state index contributed by atoms with van der Waals surface area (Å²) in [7, 11) is 0. The summed E-state index contributed by atoms with van der Waals surface area (Å²) in [6.07, 6.45) is 4.04. The van der Waals surface area contributed by atoms with Gasteiger partial charge < -0.3 is 15.0 Å². The molecule has 1 saturated heterocycles. The number of aryl methyl sites for hydroxylation is 1. The van der Waals surface area contributed by atoms with Crippen LogP contribution in [0.1, 0.15) is 56.7 Å². The molecule has 1 aromatic heterocycles. The minimum Gasteiger partial charge on any atom is -0.444 e. The van der Waals surface area contributed by atoms with Gasteiger partial charge in [0.2, 0.25) is 0 Å². The van der Waals surface area contributed by atoms with Crippen molar-refractivity contribution < 1.29 is 9.53 Å². The Morgan fingerprint density at radius 1 is 1.38 bits per heavy atom. The van der Waals surface area contributed by atoms with Crippen LogP contribution in [0.25, 0.3) is 0 Å². The van der Waals surface area contributed by atoms with Crippen molar-refractivity contribution in [3.63, 3.8) is 0 Å². The third kappa shape index (κ3) is 6.44. The highest BCUT2D eigenvalue weighted by molar-refractivity contribution is 7.11. The first-order valence-electron chi connectivity index (χ1n) is 9.02. The maximum Gasteiger partial charge on any atom is 0.410 e. The van der Waals surface area contributed by atoms with E-state index >= 15 is 0 Å². The van der Waals surface area contributed by atoms with Crippen molar-refractivity contribution in [1.82, 2.24) is 10.2 Å². The number of hydrogen-bond donors (Lipinski definition) is 1. The van der Waals surface area contributed by atoms with Gasteiger partial charge in [-0.3, -0.25) is 0 Å². The Bertz CT molecular complexity index is 536. The average Bonchev–Trinajstić information content (AvgIpc) is 2.71. The predicted octanol–water partition coefficient (Wildman–Crippen LogP) is 4.37. The molecule has 5 heteroatoms. The summed E-state index contributed by atoms with van der Waals surface area (Å²) < 4.78 is 5.50. The smallest absolute Gasteiger partial charge is 0.410 e. The number of carbonyl (C=O) groups is 1. The molecule has 2 atom stereocenters. The van der Waals surface area contributed by atoms with Crippen molar-refractivity contribution in [3.8, 4) is 0 Å². The molecule has 2 unspecified atom stereocenters. The summed E-state index contributed by atoms with van der Waals surface area (Å²) in [6, 6.07) is 5.36. The monoisotopic (exact) mass is 352 g/mol. The average molecular weight is 353 g/mol. The van der Waals surface area contributed by atoms with Gasteiger partial charge in [0, 0.05) is 34.9 Å². The fraction of sp³-hybridized carbons (Fsp3) is 0.737. The second-order valence-electron chi connectivity index (χ2n) is 7.88. The summed E-state index contributed by atoms with van der Waals surface area (Å²) in [4.78, 5) is 16.9. The minimum atomic E-state index is -0.422. The van der Waals surface area contributed by atoms with Crippen LogP contribution in [0.2, 0.25) is 0 Å². The molecule has 0 spiro atoms. The first-order chi connectivity index (χ1) is 11.2. The van der Waals surface area contributed by atoms with E-state index in [1.54, 1.807) is 0 Å². The van der Waals surface area contributed by atoms with Gasteiger partial charge in [-0.1, -0.05) is 0 Å². The zero-order valence-corrected chi connectivity index (χ0v) is 16.5. The molecular weight excluding hydrogens is 320 g/mol. The van der Waals surface area contributed by atoms with E-state index in [1.807, 2.05) is 37.0 Å². The number of nitrogens with one attached hydrogen (secondary N) is 1. The lowest BCUT2D eigenvalue weighted by Crippen LogP contribution is -2.40. The number of likely N-dealkylation sites (tertiary alicyclic amines) is 1. The zero-order chi connectivity index (χ0) is 17.7. The Labute approximate surface area is 150 Å². The molecule has 2 heterocycles. The predicted molar refractivity (Wildman–Crippen MR) is 101 cm³/mol. The number of carbonyl (C=O) groups excluding carboxylic acids is 1. The van der Waals surface area contributed by atoms with Gasteiger partial charge >= 0.3 is 6.09 Å². The lowest BCUT2D eigenvalue weighted by molar-refractivity contribution is 0.0256. The van der Waals surface area contributed by atoms with Gasteiger partial charge in [-0.2, -0.15) is 0 Å². The molecule has 1 aromatic rings. The topological polar surface area (TPSA) is 41.6 Å². The Balaban J connectivity index is 1.79. The van der Waals surface area contributed by atoms with Crippen molar-refractivity contribution in [3.05, 3.63) is 21.9 Å². The fourth-order valence-corrected chi connectivity index (χ4v) is 4.15. The highest BCUT2D eigenvalue weighted by Gasteiger charge is 2.25. The molecule has 1 fully saturated rings. The Morgan fingerprint density at radius 3 is 2.75 bits per heavy atom. The van der Waals surface area contributed by atoms with Crippen molar-refractivity contribution in [1.29, 1.82) is 0 Å². The number of nitrogens with zero attached hydrogens (tertiary/aromatic N) is 1. The molecule has 1 aliphatic rings. The summed E-state index contributed by atoms with van der Waals surface area (Å²) in [5, 5.41) is 3.75. The van der Waals surface area contributed by atoms with E-state index in [4.69, 9.17) is 4.74 Å². The first-order valence-corrected chi connectivity index (χ1v) is 9.84. The summed E-state index contributed by atoms with van der Waals surface area (Å²) in [5.41, 5.74) is -0.422. The van der Waals surface area contributed by atoms with Gasteiger partial charge in [0.1, 0.15) is 5.60 Å². The summed E-state index contributed by atoms with van der Waals surface area (Å²) >= 11 is 1.88. The van der Waals surface area contributed by atoms with E-state index in [-0.39, 0.29) is 6.09 Å². The van der Waals surface area contributed by atoms with Crippen LogP contribution >= 0.6 is 11.3 Å². The number of thiophene rings is 1. The second kappa shape index (κ2) is 8.34. The van der Waals surface area contributed by atoms with Crippen molar-refractivity contribution in [2.24, 2.45) is 0 Å². The number of ether oxygens (including phenoxy) is 1. The molecule has 1 aliphatic heterocycles. The van der Waals surface area contributed by atoms with Crippen LogP contribution in [0.5, 0.6) is 0 Å². The van der Waals surface area contributed by atoms with E-state index in [0.717, 1.165) is 38.8 Å². The molecule has 0 saturated carbocycles. The normalized spacial score (nSPS) is 20.5. The van der Waals surface area contributed by atoms with Crippen molar-refractivity contribution in [2.75, 3.05) is 13.1 Å². The maximum atomic E-state index is 12.2. The van der Waals surface area contributed by atoms with E-state index in [0.29, 0.717) is 12.1 Å². The van der Waals surface area contributed by atoms with E-state index < -0.39 is 5.60 Å². The lowest BCUT2D eigenvalue weighted by Gasteiger charge is -2.26. The molecule has 24 heavy (non-hydrogen) atoms. The van der Waals surface area contributed by atoms with Crippen LogP contribution < -0.4 is 5.32 Å². The van der Waals surface area contributed by atoms with Crippen LogP contribution in [0.4, 0.5) is 4.79 Å². The maximum absolute atomic E-state index is 12.2. The molecule has 0 aliphatic carbocycles. The third-order valence-electron chi connectivity index (χ3n) is 4.20. The minimum absolute atomic E-state index is 0.176. The standard InChI is InChI=1S/C19H32N2O2S/c1-14(13-17-9-8-15(2)24-17)20-16-7-6-11-21(12-10-16)18(22)23-19(3,4)5/h8-9,14,16,20H,6-7,10-13H2,1-5H3. The summed E-state index contributed by atoms with van der Waals surface area (Å²) in [5.74, 6) is 0. The van der Waals surface area contributed by atoms with E-state index in [2.05, 4.69) is 31.3 Å². The Morgan fingerprint density at radius 2 is 2.12 bits per heavy atom. The van der Waals surface area contributed by atoms with E-state index in [9.17, 15) is 4.79 Å². The molecule has 0 bridgehead atoms. The fourth-order valence-electron chi connectivity index (χ4n) is 3.13. The first kappa shape index (κ1) is 19.3. The molecular formula is C19H32N2O2S.